The van der Waals surface area contributed by atoms with Gasteiger partial charge in [-0.25, -0.2) is 8.42 Å². The van der Waals surface area contributed by atoms with E-state index in [2.05, 4.69) is 5.32 Å². The quantitative estimate of drug-likeness (QED) is 0.836. The lowest BCUT2D eigenvalue weighted by molar-refractivity contribution is -0.116. The molecule has 0 atom stereocenters. The van der Waals surface area contributed by atoms with Crippen LogP contribution in [0.1, 0.15) is 11.1 Å². The smallest absolute Gasteiger partial charge is 0.239 e. The SMILES string of the molecule is Cc1ccc(NC(=O)CN(C)S(=O)(=O)C=Cc2ccccc2)cc1Cl. The van der Waals surface area contributed by atoms with Crippen molar-refractivity contribution in [2.45, 2.75) is 6.92 Å². The maximum absolute atomic E-state index is 12.2. The standard InChI is InChI=1S/C18H19ClN2O3S/c1-14-8-9-16(12-17(14)19)20-18(22)13-21(2)25(23,24)11-10-15-6-4-3-5-7-15/h3-12H,13H2,1-2H3,(H,20,22). The summed E-state index contributed by atoms with van der Waals surface area (Å²) in [7, 11) is -2.34. The van der Waals surface area contributed by atoms with Gasteiger partial charge in [0.15, 0.2) is 0 Å². The van der Waals surface area contributed by atoms with Crippen LogP contribution in [0.25, 0.3) is 6.08 Å². The third-order valence-corrected chi connectivity index (χ3v) is 5.37. The van der Waals surface area contributed by atoms with E-state index in [4.69, 9.17) is 11.6 Å². The molecule has 0 aliphatic heterocycles. The van der Waals surface area contributed by atoms with Gasteiger partial charge in [0.1, 0.15) is 0 Å². The van der Waals surface area contributed by atoms with E-state index >= 15 is 0 Å². The van der Waals surface area contributed by atoms with E-state index in [0.29, 0.717) is 10.7 Å². The minimum Gasteiger partial charge on any atom is -0.325 e. The Balaban J connectivity index is 1.99. The molecule has 2 rings (SSSR count). The highest BCUT2D eigenvalue weighted by Crippen LogP contribution is 2.20. The molecule has 25 heavy (non-hydrogen) atoms. The predicted octanol–water partition coefficient (Wildman–Crippen LogP) is 3.52. The fourth-order valence-corrected chi connectivity index (χ4v) is 3.01. The van der Waals surface area contributed by atoms with Crippen molar-refractivity contribution in [2.24, 2.45) is 0 Å². The lowest BCUT2D eigenvalue weighted by Crippen LogP contribution is -2.33. The molecule has 0 saturated heterocycles. The van der Waals surface area contributed by atoms with Crippen LogP contribution >= 0.6 is 11.6 Å². The second-order valence-corrected chi connectivity index (χ2v) is 7.86. The Kier molecular flexibility index (Phi) is 6.36. The summed E-state index contributed by atoms with van der Waals surface area (Å²) in [5.74, 6) is -0.445. The Morgan fingerprint density at radius 2 is 1.88 bits per heavy atom. The number of sulfonamides is 1. The molecular formula is C18H19ClN2O3S. The summed E-state index contributed by atoms with van der Waals surface area (Å²) in [6.07, 6.45) is 1.49. The van der Waals surface area contributed by atoms with Crippen LogP contribution in [-0.4, -0.2) is 32.2 Å². The molecule has 0 saturated carbocycles. The fraction of sp³-hybridized carbons (Fsp3) is 0.167. The minimum absolute atomic E-state index is 0.299. The molecule has 0 aromatic heterocycles. The number of benzene rings is 2. The normalized spacial score (nSPS) is 11.8. The van der Waals surface area contributed by atoms with E-state index in [-0.39, 0.29) is 6.54 Å². The summed E-state index contributed by atoms with van der Waals surface area (Å²) in [6, 6.07) is 14.2. The van der Waals surface area contributed by atoms with Crippen molar-refractivity contribution >= 4 is 39.3 Å². The fourth-order valence-electron chi connectivity index (χ4n) is 2.00. The van der Waals surface area contributed by atoms with Crippen LogP contribution in [0.2, 0.25) is 5.02 Å². The summed E-state index contributed by atoms with van der Waals surface area (Å²) in [5.41, 5.74) is 2.18. The number of amides is 1. The van der Waals surface area contributed by atoms with Gasteiger partial charge >= 0.3 is 0 Å². The average Bonchev–Trinajstić information content (AvgIpc) is 2.57. The topological polar surface area (TPSA) is 66.5 Å². The number of anilines is 1. The highest BCUT2D eigenvalue weighted by molar-refractivity contribution is 7.92. The molecule has 1 N–H and O–H groups in total. The molecule has 5 nitrogen and oxygen atoms in total. The van der Waals surface area contributed by atoms with Crippen molar-refractivity contribution in [3.8, 4) is 0 Å². The van der Waals surface area contributed by atoms with E-state index in [1.54, 1.807) is 30.3 Å². The van der Waals surface area contributed by atoms with Crippen LogP contribution in [0.15, 0.2) is 53.9 Å². The Bertz CT molecular complexity index is 880. The first-order chi connectivity index (χ1) is 11.8. The number of hydrogen-bond acceptors (Lipinski definition) is 3. The van der Waals surface area contributed by atoms with Gasteiger partial charge in [0.2, 0.25) is 15.9 Å². The zero-order valence-corrected chi connectivity index (χ0v) is 15.5. The molecule has 2 aromatic rings. The van der Waals surface area contributed by atoms with Crippen LogP contribution in [-0.2, 0) is 14.8 Å². The van der Waals surface area contributed by atoms with Crippen molar-refractivity contribution in [1.82, 2.24) is 4.31 Å². The summed E-state index contributed by atoms with van der Waals surface area (Å²) < 4.78 is 25.4. The zero-order chi connectivity index (χ0) is 18.4. The molecule has 7 heteroatoms. The number of hydrogen-bond donors (Lipinski definition) is 1. The second-order valence-electron chi connectivity index (χ2n) is 5.53. The molecule has 0 aliphatic carbocycles. The van der Waals surface area contributed by atoms with Crippen molar-refractivity contribution in [1.29, 1.82) is 0 Å². The summed E-state index contributed by atoms with van der Waals surface area (Å²) in [5, 5.41) is 4.25. The van der Waals surface area contributed by atoms with Crippen LogP contribution < -0.4 is 5.32 Å². The van der Waals surface area contributed by atoms with Gasteiger partial charge in [0.25, 0.3) is 0 Å². The Morgan fingerprint density at radius 1 is 1.20 bits per heavy atom. The van der Waals surface area contributed by atoms with Crippen molar-refractivity contribution in [2.75, 3.05) is 18.9 Å². The molecule has 0 aliphatic rings. The number of rotatable bonds is 6. The third kappa shape index (κ3) is 5.70. The number of aryl methyl sites for hydroxylation is 1. The number of carbonyl (C=O) groups is 1. The van der Waals surface area contributed by atoms with Crippen LogP contribution in [0.4, 0.5) is 5.69 Å². The van der Waals surface area contributed by atoms with Gasteiger partial charge < -0.3 is 5.32 Å². The average molecular weight is 379 g/mol. The molecule has 0 unspecified atom stereocenters. The molecule has 0 radical (unpaired) electrons. The zero-order valence-electron chi connectivity index (χ0n) is 13.9. The Morgan fingerprint density at radius 3 is 2.52 bits per heavy atom. The van der Waals surface area contributed by atoms with E-state index < -0.39 is 15.9 Å². The van der Waals surface area contributed by atoms with Gasteiger partial charge in [-0.2, -0.15) is 4.31 Å². The second kappa shape index (κ2) is 8.29. The summed E-state index contributed by atoms with van der Waals surface area (Å²) >= 11 is 6.01. The molecular weight excluding hydrogens is 360 g/mol. The third-order valence-electron chi connectivity index (χ3n) is 3.49. The van der Waals surface area contributed by atoms with Gasteiger partial charge in [-0.05, 0) is 36.3 Å². The summed E-state index contributed by atoms with van der Waals surface area (Å²) in [6.45, 7) is 1.56. The van der Waals surface area contributed by atoms with Gasteiger partial charge in [-0.3, -0.25) is 4.79 Å². The van der Waals surface area contributed by atoms with Crippen molar-refractivity contribution in [3.63, 3.8) is 0 Å². The Labute approximate surface area is 153 Å². The molecule has 132 valence electrons. The highest BCUT2D eigenvalue weighted by Gasteiger charge is 2.17. The number of halogens is 1. The van der Waals surface area contributed by atoms with Gasteiger partial charge in [-0.1, -0.05) is 48.0 Å². The van der Waals surface area contributed by atoms with Gasteiger partial charge in [0, 0.05) is 23.2 Å². The first kappa shape index (κ1) is 19.2. The monoisotopic (exact) mass is 378 g/mol. The number of carbonyl (C=O) groups excluding carboxylic acids is 1. The number of likely N-dealkylation sites (N-methyl/N-ethyl adjacent to an activating group) is 1. The lowest BCUT2D eigenvalue weighted by Gasteiger charge is -2.14. The van der Waals surface area contributed by atoms with E-state index in [1.807, 2.05) is 25.1 Å². The van der Waals surface area contributed by atoms with E-state index in [0.717, 1.165) is 20.8 Å². The number of nitrogens with one attached hydrogen (secondary N) is 1. The van der Waals surface area contributed by atoms with E-state index in [9.17, 15) is 13.2 Å². The minimum atomic E-state index is -3.69. The predicted molar refractivity (Wildman–Crippen MR) is 102 cm³/mol. The van der Waals surface area contributed by atoms with Crippen molar-refractivity contribution < 1.29 is 13.2 Å². The van der Waals surface area contributed by atoms with Crippen LogP contribution in [0, 0.1) is 6.92 Å². The van der Waals surface area contributed by atoms with Crippen molar-refractivity contribution in [3.05, 3.63) is 70.1 Å². The maximum Gasteiger partial charge on any atom is 0.239 e. The number of nitrogens with zero attached hydrogens (tertiary/aromatic N) is 1. The van der Waals surface area contributed by atoms with Gasteiger partial charge in [-0.15, -0.1) is 0 Å². The highest BCUT2D eigenvalue weighted by atomic mass is 35.5. The molecule has 1 amide bonds. The molecule has 2 aromatic carbocycles. The molecule has 0 heterocycles. The maximum atomic E-state index is 12.2. The lowest BCUT2D eigenvalue weighted by atomic mass is 10.2. The van der Waals surface area contributed by atoms with Gasteiger partial charge in [0.05, 0.1) is 6.54 Å². The van der Waals surface area contributed by atoms with Crippen LogP contribution in [0.3, 0.4) is 0 Å². The van der Waals surface area contributed by atoms with Crippen LogP contribution in [0.5, 0.6) is 0 Å². The molecule has 0 fully saturated rings. The first-order valence-electron chi connectivity index (χ1n) is 7.53. The first-order valence-corrected chi connectivity index (χ1v) is 9.41. The molecule has 0 bridgehead atoms. The van der Waals surface area contributed by atoms with E-state index in [1.165, 1.54) is 13.1 Å². The largest absolute Gasteiger partial charge is 0.325 e. The molecule has 0 spiro atoms. The summed E-state index contributed by atoms with van der Waals surface area (Å²) in [4.78, 5) is 12.1. The Hall–Kier alpha value is -2.15.